The van der Waals surface area contributed by atoms with Crippen LogP contribution in [0.2, 0.25) is 0 Å². The lowest BCUT2D eigenvalue weighted by molar-refractivity contribution is 0.223. The molecule has 0 aliphatic heterocycles. The minimum absolute atomic E-state index is 0.368. The summed E-state index contributed by atoms with van der Waals surface area (Å²) in [4.78, 5) is 0. The van der Waals surface area contributed by atoms with Gasteiger partial charge in [0.1, 0.15) is 0 Å². The molecule has 2 aliphatic rings. The van der Waals surface area contributed by atoms with E-state index in [1.54, 1.807) is 0 Å². The van der Waals surface area contributed by atoms with Crippen LogP contribution in [0.15, 0.2) is 12.2 Å². The summed E-state index contributed by atoms with van der Waals surface area (Å²) in [6.07, 6.45) is 25.3. The Labute approximate surface area is 150 Å². The second-order valence-electron chi connectivity index (χ2n) is 8.50. The van der Waals surface area contributed by atoms with E-state index in [0.717, 1.165) is 17.8 Å². The zero-order chi connectivity index (χ0) is 17.0. The van der Waals surface area contributed by atoms with E-state index in [2.05, 4.69) is 25.1 Å². The molecule has 0 aromatic carbocycles. The molecule has 0 bridgehead atoms. The molecule has 24 heavy (non-hydrogen) atoms. The first-order valence-corrected chi connectivity index (χ1v) is 10.9. The summed E-state index contributed by atoms with van der Waals surface area (Å²) >= 11 is 0. The van der Waals surface area contributed by atoms with Gasteiger partial charge < -0.3 is 0 Å². The van der Waals surface area contributed by atoms with Crippen molar-refractivity contribution in [2.45, 2.75) is 103 Å². The van der Waals surface area contributed by atoms with E-state index in [1.807, 2.05) is 0 Å². The molecule has 0 radical (unpaired) electrons. The van der Waals surface area contributed by atoms with Crippen molar-refractivity contribution in [2.24, 2.45) is 23.7 Å². The van der Waals surface area contributed by atoms with Crippen molar-refractivity contribution in [2.75, 3.05) is 0 Å². The Morgan fingerprint density at radius 1 is 0.750 bits per heavy atom. The second kappa shape index (κ2) is 11.7. The number of rotatable bonds is 9. The van der Waals surface area contributed by atoms with Gasteiger partial charge in [0.15, 0.2) is 0 Å². The van der Waals surface area contributed by atoms with Crippen LogP contribution in [0.5, 0.6) is 0 Å². The summed E-state index contributed by atoms with van der Waals surface area (Å²) in [5.41, 5.74) is 0. The summed E-state index contributed by atoms with van der Waals surface area (Å²) < 4.78 is 0. The van der Waals surface area contributed by atoms with Gasteiger partial charge >= 0.3 is 0 Å². The zero-order valence-electron chi connectivity index (χ0n) is 16.0. The molecule has 136 valence electrons. The van der Waals surface area contributed by atoms with E-state index < -0.39 is 0 Å². The highest BCUT2D eigenvalue weighted by Crippen LogP contribution is 2.37. The van der Waals surface area contributed by atoms with Gasteiger partial charge in [-0.1, -0.05) is 70.4 Å². The third-order valence-electron chi connectivity index (χ3n) is 6.61. The molecule has 0 atom stereocenters. The summed E-state index contributed by atoms with van der Waals surface area (Å²) in [5, 5.41) is 9.00. The van der Waals surface area contributed by atoms with Crippen LogP contribution >= 0.6 is 0 Å². The molecule has 2 aliphatic carbocycles. The Balaban J connectivity index is 1.50. The number of nitriles is 1. The standard InChI is InChI=1S/C23H39N/c1-2-3-4-5-6-7-8-20-9-11-21(12-10-20)13-14-22-15-17-23(19-24)18-16-22/h5-6,20-23H,2-4,7-18H2,1H3/b6-5+/t20-,21-,22?,23?. The highest BCUT2D eigenvalue weighted by Gasteiger charge is 2.24. The van der Waals surface area contributed by atoms with Crippen LogP contribution in [-0.2, 0) is 0 Å². The normalized spacial score (nSPS) is 31.2. The first-order valence-electron chi connectivity index (χ1n) is 10.9. The number of allylic oxidation sites excluding steroid dienone is 2. The van der Waals surface area contributed by atoms with E-state index in [4.69, 9.17) is 5.26 Å². The fraction of sp³-hybridized carbons (Fsp3) is 0.870. The molecule has 0 N–H and O–H groups in total. The molecule has 0 spiro atoms. The van der Waals surface area contributed by atoms with Gasteiger partial charge in [-0.05, 0) is 62.7 Å². The van der Waals surface area contributed by atoms with E-state index in [9.17, 15) is 0 Å². The smallest absolute Gasteiger partial charge is 0.0655 e. The molecule has 0 heterocycles. The first kappa shape index (κ1) is 19.6. The van der Waals surface area contributed by atoms with Crippen LogP contribution in [0.1, 0.15) is 103 Å². The van der Waals surface area contributed by atoms with Crippen LogP contribution in [0.4, 0.5) is 0 Å². The molecule has 1 heteroatoms. The molecule has 1 nitrogen and oxygen atoms in total. The molecule has 2 fully saturated rings. The number of unbranched alkanes of at least 4 members (excludes halogenated alkanes) is 2. The van der Waals surface area contributed by atoms with Gasteiger partial charge in [-0.15, -0.1) is 0 Å². The van der Waals surface area contributed by atoms with Crippen molar-refractivity contribution in [1.29, 1.82) is 5.26 Å². The number of hydrogen-bond acceptors (Lipinski definition) is 1. The molecular weight excluding hydrogens is 290 g/mol. The third kappa shape index (κ3) is 7.42. The quantitative estimate of drug-likeness (QED) is 0.319. The summed E-state index contributed by atoms with van der Waals surface area (Å²) in [5.74, 6) is 3.31. The number of nitrogens with zero attached hydrogens (tertiary/aromatic N) is 1. The highest BCUT2D eigenvalue weighted by molar-refractivity contribution is 4.87. The van der Waals surface area contributed by atoms with Crippen LogP contribution in [0.25, 0.3) is 0 Å². The Bertz CT molecular complexity index is 375. The van der Waals surface area contributed by atoms with Gasteiger partial charge in [-0.25, -0.2) is 0 Å². The van der Waals surface area contributed by atoms with Crippen LogP contribution in [0.3, 0.4) is 0 Å². The van der Waals surface area contributed by atoms with Crippen molar-refractivity contribution < 1.29 is 0 Å². The maximum absolute atomic E-state index is 9.00. The fourth-order valence-corrected chi connectivity index (χ4v) is 4.75. The average Bonchev–Trinajstić information content (AvgIpc) is 2.64. The Morgan fingerprint density at radius 2 is 1.25 bits per heavy atom. The molecule has 0 aromatic heterocycles. The summed E-state index contributed by atoms with van der Waals surface area (Å²) in [7, 11) is 0. The molecule has 0 unspecified atom stereocenters. The molecule has 0 aromatic rings. The maximum Gasteiger partial charge on any atom is 0.0655 e. The van der Waals surface area contributed by atoms with Crippen molar-refractivity contribution >= 4 is 0 Å². The SMILES string of the molecule is CCCC/C=C/CC[C@H]1CC[C@H](CCC2CCC(C#N)CC2)CC1. The van der Waals surface area contributed by atoms with Crippen molar-refractivity contribution in [3.63, 3.8) is 0 Å². The van der Waals surface area contributed by atoms with Gasteiger partial charge in [0.25, 0.3) is 0 Å². The average molecular weight is 330 g/mol. The van der Waals surface area contributed by atoms with E-state index in [1.165, 1.54) is 96.3 Å². The lowest BCUT2D eigenvalue weighted by Crippen LogP contribution is -2.17. The minimum Gasteiger partial charge on any atom is -0.198 e. The van der Waals surface area contributed by atoms with Gasteiger partial charge in [0, 0.05) is 5.92 Å². The van der Waals surface area contributed by atoms with Crippen LogP contribution in [0, 0.1) is 35.0 Å². The topological polar surface area (TPSA) is 23.8 Å². The predicted molar refractivity (Wildman–Crippen MR) is 104 cm³/mol. The largest absolute Gasteiger partial charge is 0.198 e. The minimum atomic E-state index is 0.368. The maximum atomic E-state index is 9.00. The van der Waals surface area contributed by atoms with Crippen LogP contribution < -0.4 is 0 Å². The van der Waals surface area contributed by atoms with Gasteiger partial charge in [-0.3, -0.25) is 0 Å². The molecule has 0 saturated heterocycles. The van der Waals surface area contributed by atoms with Crippen molar-refractivity contribution in [1.82, 2.24) is 0 Å². The van der Waals surface area contributed by atoms with Crippen molar-refractivity contribution in [3.8, 4) is 6.07 Å². The third-order valence-corrected chi connectivity index (χ3v) is 6.61. The Hall–Kier alpha value is -0.770. The second-order valence-corrected chi connectivity index (χ2v) is 8.50. The van der Waals surface area contributed by atoms with Gasteiger partial charge in [-0.2, -0.15) is 5.26 Å². The van der Waals surface area contributed by atoms with Gasteiger partial charge in [0.05, 0.1) is 6.07 Å². The first-order chi connectivity index (χ1) is 11.8. The van der Waals surface area contributed by atoms with E-state index in [-0.39, 0.29) is 0 Å². The molecule has 0 amide bonds. The Morgan fingerprint density at radius 3 is 1.79 bits per heavy atom. The zero-order valence-corrected chi connectivity index (χ0v) is 16.0. The van der Waals surface area contributed by atoms with E-state index in [0.29, 0.717) is 5.92 Å². The number of hydrogen-bond donors (Lipinski definition) is 0. The lowest BCUT2D eigenvalue weighted by Gasteiger charge is -2.30. The van der Waals surface area contributed by atoms with Crippen molar-refractivity contribution in [3.05, 3.63) is 12.2 Å². The summed E-state index contributed by atoms with van der Waals surface area (Å²) in [6.45, 7) is 2.27. The summed E-state index contributed by atoms with van der Waals surface area (Å²) in [6, 6.07) is 2.46. The lowest BCUT2D eigenvalue weighted by atomic mass is 9.75. The highest BCUT2D eigenvalue weighted by atomic mass is 14.3. The molecule has 2 rings (SSSR count). The fourth-order valence-electron chi connectivity index (χ4n) is 4.75. The molecule has 2 saturated carbocycles. The monoisotopic (exact) mass is 329 g/mol. The van der Waals surface area contributed by atoms with E-state index >= 15 is 0 Å². The molecular formula is C23H39N. The van der Waals surface area contributed by atoms with Gasteiger partial charge in [0.2, 0.25) is 0 Å². The van der Waals surface area contributed by atoms with Crippen LogP contribution in [-0.4, -0.2) is 0 Å². The predicted octanol–water partition coefficient (Wildman–Crippen LogP) is 7.43. The Kier molecular flexibility index (Phi) is 9.55.